The highest BCUT2D eigenvalue weighted by atomic mass is 19.4. The van der Waals surface area contributed by atoms with Crippen molar-refractivity contribution in [1.82, 2.24) is 15.2 Å². The quantitative estimate of drug-likeness (QED) is 0.0989. The Morgan fingerprint density at radius 3 is 2.04 bits per heavy atom. The van der Waals surface area contributed by atoms with E-state index in [0.717, 1.165) is 17.7 Å². The third-order valence-corrected chi connectivity index (χ3v) is 7.71. The average molecular weight is 704 g/mol. The Morgan fingerprint density at radius 2 is 1.37 bits per heavy atom. The molecule has 0 saturated carbocycles. The number of rotatable bonds is 12. The normalized spacial score (nSPS) is 13.8. The molecule has 4 aromatic carbocycles. The second-order valence-electron chi connectivity index (χ2n) is 11.6. The fourth-order valence-electron chi connectivity index (χ4n) is 5.09. The van der Waals surface area contributed by atoms with Gasteiger partial charge in [-0.2, -0.15) is 18.3 Å². The number of benzene rings is 4. The molecule has 0 radical (unpaired) electrons. The van der Waals surface area contributed by atoms with Crippen molar-refractivity contribution < 1.29 is 37.4 Å². The van der Waals surface area contributed by atoms with Crippen molar-refractivity contribution in [2.24, 2.45) is 5.10 Å². The highest BCUT2D eigenvalue weighted by molar-refractivity contribution is 6.00. The van der Waals surface area contributed by atoms with Crippen molar-refractivity contribution in [3.8, 4) is 11.5 Å². The van der Waals surface area contributed by atoms with E-state index in [9.17, 15) is 32.7 Å². The van der Waals surface area contributed by atoms with Crippen LogP contribution >= 0.6 is 0 Å². The van der Waals surface area contributed by atoms with Crippen molar-refractivity contribution in [2.45, 2.75) is 12.8 Å². The summed E-state index contributed by atoms with van der Waals surface area (Å²) in [5, 5.41) is 21.9. The summed E-state index contributed by atoms with van der Waals surface area (Å²) >= 11 is 0. The first-order valence-corrected chi connectivity index (χ1v) is 15.9. The molecule has 1 fully saturated rings. The van der Waals surface area contributed by atoms with Gasteiger partial charge in [-0.1, -0.05) is 36.4 Å². The van der Waals surface area contributed by atoms with Crippen LogP contribution in [-0.2, 0) is 22.4 Å². The summed E-state index contributed by atoms with van der Waals surface area (Å²) in [4.78, 5) is 41.3. The van der Waals surface area contributed by atoms with Crippen LogP contribution in [0.5, 0.6) is 11.5 Å². The van der Waals surface area contributed by atoms with Gasteiger partial charge in [-0.25, -0.2) is 10.2 Å². The third kappa shape index (κ3) is 11.6. The zero-order valence-corrected chi connectivity index (χ0v) is 27.3. The Hall–Kier alpha value is -5.93. The number of piperazine rings is 1. The lowest BCUT2D eigenvalue weighted by Crippen LogP contribution is -2.50. The molecule has 1 heterocycles. The number of hydrogen-bond acceptors (Lipinski definition) is 8. The van der Waals surface area contributed by atoms with E-state index in [1.807, 2.05) is 40.1 Å². The molecule has 0 unspecified atom stereocenters. The van der Waals surface area contributed by atoms with Gasteiger partial charge in [-0.05, 0) is 66.2 Å². The molecule has 0 atom stereocenters. The monoisotopic (exact) mass is 703 g/mol. The SMILES string of the molecule is O=C(CN1CCN(CC(=O)Nc2ccc(NC(=O)Nc3cccc(C(F)(F)F)c3)cc2)CC1)N/N=C/c1cc(OCc2ccccc2)ccc1O. The number of urea groups is 1. The highest BCUT2D eigenvalue weighted by Crippen LogP contribution is 2.30. The van der Waals surface area contributed by atoms with Crippen molar-refractivity contribution in [2.75, 3.05) is 55.2 Å². The second kappa shape index (κ2) is 17.1. The third-order valence-electron chi connectivity index (χ3n) is 7.71. The number of alkyl halides is 3. The van der Waals surface area contributed by atoms with Crippen molar-refractivity contribution >= 4 is 41.1 Å². The van der Waals surface area contributed by atoms with E-state index in [1.54, 1.807) is 36.4 Å². The molecule has 0 bridgehead atoms. The van der Waals surface area contributed by atoms with Crippen molar-refractivity contribution in [3.05, 3.63) is 114 Å². The molecule has 4 aromatic rings. The van der Waals surface area contributed by atoms with E-state index in [1.165, 1.54) is 24.4 Å². The lowest BCUT2D eigenvalue weighted by atomic mass is 10.2. The predicted molar refractivity (Wildman–Crippen MR) is 187 cm³/mol. The van der Waals surface area contributed by atoms with E-state index in [2.05, 4.69) is 26.5 Å². The number of nitrogens with one attached hydrogen (secondary N) is 4. The number of anilines is 3. The summed E-state index contributed by atoms with van der Waals surface area (Å²) in [7, 11) is 0. The van der Waals surface area contributed by atoms with E-state index < -0.39 is 17.8 Å². The van der Waals surface area contributed by atoms with Crippen LogP contribution in [0.25, 0.3) is 0 Å². The average Bonchev–Trinajstić information content (AvgIpc) is 3.10. The fourth-order valence-corrected chi connectivity index (χ4v) is 5.09. The number of nitrogens with zero attached hydrogens (tertiary/aromatic N) is 3. The molecule has 1 aliphatic rings. The number of phenolic OH excluding ortho intramolecular Hbond substituents is 1. The molecule has 1 aliphatic heterocycles. The zero-order chi connectivity index (χ0) is 36.2. The van der Waals surface area contributed by atoms with Gasteiger partial charge in [-0.15, -0.1) is 0 Å². The number of carbonyl (C=O) groups is 3. The molecular weight excluding hydrogens is 667 g/mol. The van der Waals surface area contributed by atoms with Gasteiger partial charge in [0.15, 0.2) is 0 Å². The summed E-state index contributed by atoms with van der Waals surface area (Å²) in [6, 6.07) is 24.3. The van der Waals surface area contributed by atoms with Gasteiger partial charge >= 0.3 is 12.2 Å². The van der Waals surface area contributed by atoms with Gasteiger partial charge in [0.05, 0.1) is 24.9 Å². The zero-order valence-electron chi connectivity index (χ0n) is 27.3. The number of aromatic hydroxyl groups is 1. The highest BCUT2D eigenvalue weighted by Gasteiger charge is 2.30. The summed E-state index contributed by atoms with van der Waals surface area (Å²) in [6.45, 7) is 2.88. The molecule has 0 aliphatic carbocycles. The van der Waals surface area contributed by atoms with Crippen molar-refractivity contribution in [1.29, 1.82) is 0 Å². The predicted octanol–water partition coefficient (Wildman–Crippen LogP) is 5.34. The van der Waals surface area contributed by atoms with Crippen molar-refractivity contribution in [3.63, 3.8) is 0 Å². The summed E-state index contributed by atoms with van der Waals surface area (Å²) in [6.07, 6.45) is -3.18. The Bertz CT molecular complexity index is 1830. The molecule has 51 heavy (non-hydrogen) atoms. The van der Waals surface area contributed by atoms with Gasteiger partial charge in [0.1, 0.15) is 18.1 Å². The van der Waals surface area contributed by atoms with Gasteiger partial charge in [0, 0.05) is 48.8 Å². The second-order valence-corrected chi connectivity index (χ2v) is 11.6. The summed E-state index contributed by atoms with van der Waals surface area (Å²) in [5.74, 6) is -0.0190. The Labute approximate surface area is 291 Å². The molecular formula is C36H36F3N7O5. The number of halogens is 3. The molecule has 5 N–H and O–H groups in total. The Morgan fingerprint density at radius 1 is 0.745 bits per heavy atom. The van der Waals surface area contributed by atoms with Crippen LogP contribution in [-0.4, -0.2) is 78.2 Å². The first kappa shape index (κ1) is 36.4. The molecule has 0 spiro atoms. The minimum Gasteiger partial charge on any atom is -0.507 e. The minimum absolute atomic E-state index is 0.00574. The molecule has 5 rings (SSSR count). The first-order chi connectivity index (χ1) is 24.5. The number of phenols is 1. The maximum Gasteiger partial charge on any atom is 0.416 e. The number of carbonyl (C=O) groups excluding carboxylic acids is 3. The number of amides is 4. The largest absolute Gasteiger partial charge is 0.507 e. The molecule has 4 amide bonds. The van der Waals surface area contributed by atoms with Gasteiger partial charge < -0.3 is 25.8 Å². The molecule has 12 nitrogen and oxygen atoms in total. The lowest BCUT2D eigenvalue weighted by Gasteiger charge is -2.33. The van der Waals surface area contributed by atoms with Gasteiger partial charge in [0.25, 0.3) is 5.91 Å². The van der Waals surface area contributed by atoms with E-state index in [4.69, 9.17) is 4.74 Å². The van der Waals surface area contributed by atoms with Crippen LogP contribution in [0, 0.1) is 0 Å². The Balaban J connectivity index is 0.986. The van der Waals surface area contributed by atoms with Crippen LogP contribution in [0.15, 0.2) is 102 Å². The number of hydrazone groups is 1. The molecule has 1 saturated heterocycles. The minimum atomic E-state index is -4.53. The lowest BCUT2D eigenvalue weighted by molar-refractivity contribution is -0.137. The maximum absolute atomic E-state index is 12.9. The molecule has 0 aromatic heterocycles. The number of hydrogen-bond donors (Lipinski definition) is 5. The number of ether oxygens (including phenoxy) is 1. The van der Waals surface area contributed by atoms with E-state index in [-0.39, 0.29) is 36.3 Å². The van der Waals surface area contributed by atoms with E-state index in [0.29, 0.717) is 55.5 Å². The fraction of sp³-hybridized carbons (Fsp3) is 0.222. The molecule has 15 heteroatoms. The van der Waals surface area contributed by atoms with E-state index >= 15 is 0 Å². The van der Waals surface area contributed by atoms with Crippen LogP contribution in [0.4, 0.5) is 35.0 Å². The maximum atomic E-state index is 12.9. The summed E-state index contributed by atoms with van der Waals surface area (Å²) < 4.78 is 44.5. The smallest absolute Gasteiger partial charge is 0.416 e. The van der Waals surface area contributed by atoms with Gasteiger partial charge in [-0.3, -0.25) is 19.4 Å². The van der Waals surface area contributed by atoms with Crippen LogP contribution in [0.1, 0.15) is 16.7 Å². The van der Waals surface area contributed by atoms with Crippen LogP contribution < -0.4 is 26.1 Å². The van der Waals surface area contributed by atoms with Crippen LogP contribution in [0.2, 0.25) is 0 Å². The first-order valence-electron chi connectivity index (χ1n) is 15.9. The standard InChI is InChI=1S/C36H36F3N7O5/c37-36(38,39)27-7-4-8-30(20-27)43-35(50)42-29-11-9-28(10-12-29)41-33(48)22-45-15-17-46(18-16-45)23-34(49)44-40-21-26-19-31(13-14-32(26)47)51-24-25-5-2-1-3-6-25/h1-14,19-21,47H,15-18,22-24H2,(H,41,48)(H,44,49)(H2,42,43,50)/b40-21+. The van der Waals surface area contributed by atoms with Gasteiger partial charge in [0.2, 0.25) is 5.91 Å². The van der Waals surface area contributed by atoms with Crippen LogP contribution in [0.3, 0.4) is 0 Å². The molecule has 266 valence electrons. The Kier molecular flexibility index (Phi) is 12.2. The topological polar surface area (TPSA) is 148 Å². The summed E-state index contributed by atoms with van der Waals surface area (Å²) in [5.41, 5.74) is 3.86.